The van der Waals surface area contributed by atoms with Crippen molar-refractivity contribution >= 4 is 5.69 Å². The average molecular weight is 218 g/mol. The van der Waals surface area contributed by atoms with Gasteiger partial charge in [0, 0.05) is 30.4 Å². The van der Waals surface area contributed by atoms with Gasteiger partial charge in [-0.15, -0.1) is 0 Å². The molecule has 86 valence electrons. The Kier molecular flexibility index (Phi) is 4.65. The van der Waals surface area contributed by atoms with E-state index in [0.717, 1.165) is 30.1 Å². The van der Waals surface area contributed by atoms with Crippen LogP contribution in [0.4, 0.5) is 5.69 Å². The fourth-order valence-electron chi connectivity index (χ4n) is 1.75. The molecule has 0 aliphatic rings. The predicted octanol–water partition coefficient (Wildman–Crippen LogP) is 2.61. The number of nitrogens with zero attached hydrogens (tertiary/aromatic N) is 2. The van der Waals surface area contributed by atoms with E-state index < -0.39 is 0 Å². The van der Waals surface area contributed by atoms with E-state index in [-0.39, 0.29) is 0 Å². The third-order valence-electron chi connectivity index (χ3n) is 2.67. The summed E-state index contributed by atoms with van der Waals surface area (Å²) in [4.78, 5) is 2.25. The van der Waals surface area contributed by atoms with Crippen LogP contribution in [0.5, 0.6) is 5.75 Å². The number of benzene rings is 1. The molecular formula is C13H18N2O. The van der Waals surface area contributed by atoms with E-state index in [4.69, 9.17) is 10.00 Å². The van der Waals surface area contributed by atoms with E-state index in [2.05, 4.69) is 24.8 Å². The molecule has 3 heteroatoms. The molecule has 1 aromatic rings. The summed E-state index contributed by atoms with van der Waals surface area (Å²) in [5.41, 5.74) is 2.09. The Hall–Kier alpha value is -1.69. The van der Waals surface area contributed by atoms with Crippen molar-refractivity contribution < 1.29 is 4.74 Å². The smallest absolute Gasteiger partial charge is 0.125 e. The van der Waals surface area contributed by atoms with E-state index in [9.17, 15) is 0 Å². The maximum absolute atomic E-state index is 8.69. The largest absolute Gasteiger partial charge is 0.496 e. The van der Waals surface area contributed by atoms with Crippen LogP contribution in [0, 0.1) is 11.3 Å². The molecule has 0 aliphatic carbocycles. The molecule has 0 spiro atoms. The lowest BCUT2D eigenvalue weighted by Crippen LogP contribution is -2.21. The van der Waals surface area contributed by atoms with Crippen LogP contribution >= 0.6 is 0 Å². The van der Waals surface area contributed by atoms with Gasteiger partial charge in [-0.1, -0.05) is 6.07 Å². The van der Waals surface area contributed by atoms with Gasteiger partial charge in [-0.25, -0.2) is 0 Å². The van der Waals surface area contributed by atoms with Gasteiger partial charge < -0.3 is 9.64 Å². The molecule has 0 N–H and O–H groups in total. The Bertz CT molecular complexity index is 378. The monoisotopic (exact) mass is 218 g/mol. The fraction of sp³-hybridized carbons (Fsp3) is 0.462. The van der Waals surface area contributed by atoms with Gasteiger partial charge in [0.05, 0.1) is 19.6 Å². The van der Waals surface area contributed by atoms with E-state index in [1.807, 2.05) is 18.2 Å². The SMILES string of the molecule is CCN(CC)c1ccc(CC#N)c(OC)c1. The fourth-order valence-corrected chi connectivity index (χ4v) is 1.75. The highest BCUT2D eigenvalue weighted by Gasteiger charge is 2.07. The van der Waals surface area contributed by atoms with Crippen molar-refractivity contribution in [1.82, 2.24) is 0 Å². The zero-order valence-electron chi connectivity index (χ0n) is 10.2. The average Bonchev–Trinajstić information content (AvgIpc) is 2.32. The second-order valence-electron chi connectivity index (χ2n) is 3.50. The molecule has 0 radical (unpaired) electrons. The third kappa shape index (κ3) is 2.66. The summed E-state index contributed by atoms with van der Waals surface area (Å²) in [7, 11) is 1.64. The molecule has 16 heavy (non-hydrogen) atoms. The first-order valence-electron chi connectivity index (χ1n) is 5.55. The quantitative estimate of drug-likeness (QED) is 0.762. The maximum Gasteiger partial charge on any atom is 0.125 e. The molecule has 1 rings (SSSR count). The van der Waals surface area contributed by atoms with Crippen molar-refractivity contribution in [2.45, 2.75) is 20.3 Å². The number of hydrogen-bond acceptors (Lipinski definition) is 3. The van der Waals surface area contributed by atoms with E-state index in [1.54, 1.807) is 7.11 Å². The minimum absolute atomic E-state index is 0.391. The van der Waals surface area contributed by atoms with Crippen LogP contribution in [-0.4, -0.2) is 20.2 Å². The van der Waals surface area contributed by atoms with Crippen molar-refractivity contribution in [1.29, 1.82) is 5.26 Å². The second-order valence-corrected chi connectivity index (χ2v) is 3.50. The topological polar surface area (TPSA) is 36.3 Å². The highest BCUT2D eigenvalue weighted by molar-refractivity contribution is 5.54. The highest BCUT2D eigenvalue weighted by Crippen LogP contribution is 2.25. The van der Waals surface area contributed by atoms with Crippen LogP contribution in [0.15, 0.2) is 18.2 Å². The van der Waals surface area contributed by atoms with Crippen LogP contribution in [-0.2, 0) is 6.42 Å². The summed E-state index contributed by atoms with van der Waals surface area (Å²) in [6.07, 6.45) is 0.391. The Balaban J connectivity index is 3.03. The van der Waals surface area contributed by atoms with Crippen LogP contribution < -0.4 is 9.64 Å². The van der Waals surface area contributed by atoms with E-state index in [0.29, 0.717) is 6.42 Å². The number of hydrogen-bond donors (Lipinski definition) is 0. The highest BCUT2D eigenvalue weighted by atomic mass is 16.5. The molecule has 0 saturated carbocycles. The Morgan fingerprint density at radius 1 is 1.31 bits per heavy atom. The molecule has 3 nitrogen and oxygen atoms in total. The minimum Gasteiger partial charge on any atom is -0.496 e. The van der Waals surface area contributed by atoms with Crippen molar-refractivity contribution in [2.24, 2.45) is 0 Å². The van der Waals surface area contributed by atoms with Gasteiger partial charge in [-0.05, 0) is 19.9 Å². The summed E-state index contributed by atoms with van der Waals surface area (Å²) >= 11 is 0. The first kappa shape index (κ1) is 12.4. The van der Waals surface area contributed by atoms with E-state index in [1.165, 1.54) is 0 Å². The van der Waals surface area contributed by atoms with Crippen LogP contribution in [0.2, 0.25) is 0 Å². The van der Waals surface area contributed by atoms with Crippen LogP contribution in [0.1, 0.15) is 19.4 Å². The number of ether oxygens (including phenoxy) is 1. The minimum atomic E-state index is 0.391. The summed E-state index contributed by atoms with van der Waals surface area (Å²) in [6, 6.07) is 8.15. The zero-order chi connectivity index (χ0) is 12.0. The number of nitriles is 1. The van der Waals surface area contributed by atoms with Crippen molar-refractivity contribution in [3.63, 3.8) is 0 Å². The molecule has 0 bridgehead atoms. The molecule has 0 heterocycles. The van der Waals surface area contributed by atoms with E-state index >= 15 is 0 Å². The zero-order valence-corrected chi connectivity index (χ0v) is 10.2. The second kappa shape index (κ2) is 6.02. The molecule has 1 aromatic carbocycles. The Morgan fingerprint density at radius 2 is 2.00 bits per heavy atom. The predicted molar refractivity (Wildman–Crippen MR) is 65.9 cm³/mol. The molecule has 0 aliphatic heterocycles. The standard InChI is InChI=1S/C13H18N2O/c1-4-15(5-2)12-7-6-11(8-9-14)13(10-12)16-3/h6-7,10H,4-5,8H2,1-3H3. The molecule has 0 atom stereocenters. The molecule has 0 saturated heterocycles. The summed E-state index contributed by atoms with van der Waals surface area (Å²) < 4.78 is 5.30. The van der Waals surface area contributed by atoms with Crippen molar-refractivity contribution in [3.05, 3.63) is 23.8 Å². The van der Waals surface area contributed by atoms with Gasteiger partial charge in [0.2, 0.25) is 0 Å². The first-order valence-corrected chi connectivity index (χ1v) is 5.55. The van der Waals surface area contributed by atoms with Gasteiger partial charge in [0.15, 0.2) is 0 Å². The molecule has 0 fully saturated rings. The molecular weight excluding hydrogens is 200 g/mol. The summed E-state index contributed by atoms with van der Waals surface area (Å²) in [5, 5.41) is 8.69. The first-order chi connectivity index (χ1) is 7.76. The lowest BCUT2D eigenvalue weighted by Gasteiger charge is -2.22. The number of anilines is 1. The summed E-state index contributed by atoms with van der Waals surface area (Å²) in [6.45, 7) is 6.19. The number of rotatable bonds is 5. The van der Waals surface area contributed by atoms with Crippen molar-refractivity contribution in [2.75, 3.05) is 25.1 Å². The van der Waals surface area contributed by atoms with Gasteiger partial charge in [-0.2, -0.15) is 5.26 Å². The number of methoxy groups -OCH3 is 1. The van der Waals surface area contributed by atoms with Crippen molar-refractivity contribution in [3.8, 4) is 11.8 Å². The van der Waals surface area contributed by atoms with Gasteiger partial charge >= 0.3 is 0 Å². The van der Waals surface area contributed by atoms with Crippen LogP contribution in [0.3, 0.4) is 0 Å². The van der Waals surface area contributed by atoms with Gasteiger partial charge in [0.25, 0.3) is 0 Å². The Morgan fingerprint density at radius 3 is 2.50 bits per heavy atom. The van der Waals surface area contributed by atoms with Gasteiger partial charge in [-0.3, -0.25) is 0 Å². The molecule has 0 amide bonds. The van der Waals surface area contributed by atoms with Crippen LogP contribution in [0.25, 0.3) is 0 Å². The molecule has 0 aromatic heterocycles. The maximum atomic E-state index is 8.69. The summed E-state index contributed by atoms with van der Waals surface area (Å²) in [5.74, 6) is 0.797. The Labute approximate surface area is 97.3 Å². The third-order valence-corrected chi connectivity index (χ3v) is 2.67. The normalized spacial score (nSPS) is 9.62. The van der Waals surface area contributed by atoms with Gasteiger partial charge in [0.1, 0.15) is 5.75 Å². The lowest BCUT2D eigenvalue weighted by molar-refractivity contribution is 0.411. The molecule has 0 unspecified atom stereocenters. The lowest BCUT2D eigenvalue weighted by atomic mass is 10.1.